The van der Waals surface area contributed by atoms with Gasteiger partial charge < -0.3 is 10.2 Å². The van der Waals surface area contributed by atoms with Crippen LogP contribution in [0.2, 0.25) is 5.02 Å². The summed E-state index contributed by atoms with van der Waals surface area (Å²) < 4.78 is 28.5. The van der Waals surface area contributed by atoms with Crippen molar-refractivity contribution < 1.29 is 18.4 Å². The summed E-state index contributed by atoms with van der Waals surface area (Å²) in [6.07, 6.45) is 1.58. The van der Waals surface area contributed by atoms with E-state index in [-0.39, 0.29) is 35.2 Å². The van der Waals surface area contributed by atoms with Crippen LogP contribution in [-0.2, 0) is 9.59 Å². The van der Waals surface area contributed by atoms with Gasteiger partial charge in [-0.2, -0.15) is 0 Å². The quantitative estimate of drug-likeness (QED) is 0.499. The molecule has 0 saturated carbocycles. The van der Waals surface area contributed by atoms with E-state index in [9.17, 15) is 18.4 Å². The Kier molecular flexibility index (Phi) is 8.48. The van der Waals surface area contributed by atoms with Gasteiger partial charge in [0.15, 0.2) is 0 Å². The molecule has 2 aliphatic rings. The van der Waals surface area contributed by atoms with Crippen molar-refractivity contribution in [3.63, 3.8) is 0 Å². The number of carbonyl (C=O) groups is 2. The van der Waals surface area contributed by atoms with E-state index in [1.807, 2.05) is 30.0 Å². The number of halogens is 3. The highest BCUT2D eigenvalue weighted by molar-refractivity contribution is 6.30. The van der Waals surface area contributed by atoms with Crippen molar-refractivity contribution in [2.45, 2.75) is 70.9 Å². The van der Waals surface area contributed by atoms with E-state index in [0.717, 1.165) is 30.0 Å². The third-order valence-corrected chi connectivity index (χ3v) is 8.36. The van der Waals surface area contributed by atoms with Gasteiger partial charge in [-0.15, -0.1) is 0 Å². The summed E-state index contributed by atoms with van der Waals surface area (Å²) in [5.74, 6) is -1.76. The molecule has 0 aliphatic carbocycles. The van der Waals surface area contributed by atoms with Crippen LogP contribution in [0.25, 0.3) is 0 Å². The van der Waals surface area contributed by atoms with Crippen LogP contribution in [0.4, 0.5) is 8.78 Å². The molecule has 2 heterocycles. The molecule has 0 aromatic heterocycles. The predicted molar refractivity (Wildman–Crippen MR) is 146 cm³/mol. The lowest BCUT2D eigenvalue weighted by atomic mass is 9.83. The van der Waals surface area contributed by atoms with E-state index >= 15 is 0 Å². The van der Waals surface area contributed by atoms with Crippen molar-refractivity contribution >= 4 is 23.4 Å². The summed E-state index contributed by atoms with van der Waals surface area (Å²) in [5, 5.41) is 3.58. The molecule has 0 spiro atoms. The Morgan fingerprint density at radius 2 is 1.68 bits per heavy atom. The molecule has 0 bridgehead atoms. The van der Waals surface area contributed by atoms with Gasteiger partial charge in [-0.3, -0.25) is 14.5 Å². The van der Waals surface area contributed by atoms with Crippen LogP contribution in [0.1, 0.15) is 82.0 Å². The fourth-order valence-corrected chi connectivity index (χ4v) is 6.22. The highest BCUT2D eigenvalue weighted by Crippen LogP contribution is 2.40. The van der Waals surface area contributed by atoms with Gasteiger partial charge in [-0.05, 0) is 81.3 Å². The summed E-state index contributed by atoms with van der Waals surface area (Å²) in [6, 6.07) is 9.32. The van der Waals surface area contributed by atoms with Crippen molar-refractivity contribution in [2.75, 3.05) is 26.2 Å². The molecule has 2 saturated heterocycles. The SMILES string of the molecule is CC(=O)N[C@@H](C)c1cc(Cl)ccc1C1CCN(C(=O)[C@@H]2CN(C(C)(C)C)CC2c2ccc(F)cc2F)CC1. The van der Waals surface area contributed by atoms with E-state index in [1.54, 1.807) is 0 Å². The number of amides is 2. The van der Waals surface area contributed by atoms with Crippen LogP contribution >= 0.6 is 11.6 Å². The fraction of sp³-hybridized carbons (Fsp3) is 0.533. The summed E-state index contributed by atoms with van der Waals surface area (Å²) in [5.41, 5.74) is 2.38. The number of hydrogen-bond donors (Lipinski definition) is 1. The molecular formula is C30H38ClF2N3O2. The molecule has 2 amide bonds. The van der Waals surface area contributed by atoms with Crippen molar-refractivity contribution in [1.82, 2.24) is 15.1 Å². The number of nitrogens with one attached hydrogen (secondary N) is 1. The number of likely N-dealkylation sites (tertiary alicyclic amines) is 2. The van der Waals surface area contributed by atoms with E-state index in [2.05, 4.69) is 31.0 Å². The maximum Gasteiger partial charge on any atom is 0.227 e. The zero-order valence-electron chi connectivity index (χ0n) is 22.9. The third kappa shape index (κ3) is 6.20. The van der Waals surface area contributed by atoms with E-state index < -0.39 is 17.6 Å². The van der Waals surface area contributed by atoms with Crippen LogP contribution in [0.3, 0.4) is 0 Å². The van der Waals surface area contributed by atoms with Gasteiger partial charge in [-0.1, -0.05) is 23.7 Å². The molecule has 206 valence electrons. The molecule has 5 nitrogen and oxygen atoms in total. The molecule has 8 heteroatoms. The monoisotopic (exact) mass is 545 g/mol. The maximum absolute atomic E-state index is 14.8. The molecule has 2 fully saturated rings. The van der Waals surface area contributed by atoms with Gasteiger partial charge in [0.1, 0.15) is 11.6 Å². The van der Waals surface area contributed by atoms with Gasteiger partial charge >= 0.3 is 0 Å². The lowest BCUT2D eigenvalue weighted by Crippen LogP contribution is -2.44. The Bertz CT molecular complexity index is 1190. The van der Waals surface area contributed by atoms with Crippen LogP contribution < -0.4 is 5.32 Å². The first-order chi connectivity index (χ1) is 17.8. The molecule has 1 unspecified atom stereocenters. The molecule has 4 rings (SSSR count). The highest BCUT2D eigenvalue weighted by Gasteiger charge is 2.44. The van der Waals surface area contributed by atoms with Gasteiger partial charge in [-0.25, -0.2) is 8.78 Å². The van der Waals surface area contributed by atoms with Crippen molar-refractivity contribution in [2.24, 2.45) is 5.92 Å². The fourth-order valence-electron chi connectivity index (χ4n) is 6.04. The van der Waals surface area contributed by atoms with Crippen molar-refractivity contribution in [3.05, 3.63) is 69.7 Å². The standard InChI is InChI=1S/C30H38ClF2N3O2/c1-18(34-19(2)37)25-14-21(31)6-8-23(25)20-10-12-35(13-11-20)29(38)27-17-36(30(3,4)5)16-26(27)24-9-7-22(32)15-28(24)33/h6-9,14-15,18,20,26-27H,10-13,16-17H2,1-5H3,(H,34,37)/t18-,26?,27+/m0/s1. The summed E-state index contributed by atoms with van der Waals surface area (Å²) in [6.45, 7) is 12.0. The van der Waals surface area contributed by atoms with Gasteiger partial charge in [0.05, 0.1) is 12.0 Å². The largest absolute Gasteiger partial charge is 0.350 e. The van der Waals surface area contributed by atoms with Crippen molar-refractivity contribution in [3.8, 4) is 0 Å². The molecule has 0 radical (unpaired) electrons. The smallest absolute Gasteiger partial charge is 0.227 e. The average Bonchev–Trinajstić information content (AvgIpc) is 3.29. The molecular weight excluding hydrogens is 508 g/mol. The number of carbonyl (C=O) groups excluding carboxylic acids is 2. The van der Waals surface area contributed by atoms with Gasteiger partial charge in [0, 0.05) is 55.6 Å². The number of nitrogens with zero attached hydrogens (tertiary/aromatic N) is 2. The maximum atomic E-state index is 14.8. The molecule has 2 aromatic carbocycles. The first-order valence-electron chi connectivity index (χ1n) is 13.4. The van der Waals surface area contributed by atoms with E-state index in [1.165, 1.54) is 19.1 Å². The minimum Gasteiger partial charge on any atom is -0.350 e. The van der Waals surface area contributed by atoms with Crippen LogP contribution in [-0.4, -0.2) is 53.3 Å². The first kappa shape index (κ1) is 28.5. The summed E-state index contributed by atoms with van der Waals surface area (Å²) in [4.78, 5) is 29.7. The van der Waals surface area contributed by atoms with Crippen LogP contribution in [0.5, 0.6) is 0 Å². The Labute approximate surface area is 229 Å². The number of hydrogen-bond acceptors (Lipinski definition) is 3. The second-order valence-electron chi connectivity index (χ2n) is 11.7. The van der Waals surface area contributed by atoms with Gasteiger partial charge in [0.2, 0.25) is 11.8 Å². The molecule has 1 N–H and O–H groups in total. The predicted octanol–water partition coefficient (Wildman–Crippen LogP) is 6.04. The summed E-state index contributed by atoms with van der Waals surface area (Å²) >= 11 is 6.28. The molecule has 38 heavy (non-hydrogen) atoms. The Morgan fingerprint density at radius 1 is 1.03 bits per heavy atom. The van der Waals surface area contributed by atoms with Crippen LogP contribution in [0, 0.1) is 17.6 Å². The minimum absolute atomic E-state index is 0.0341. The third-order valence-electron chi connectivity index (χ3n) is 8.13. The van der Waals surface area contributed by atoms with Gasteiger partial charge in [0.25, 0.3) is 0 Å². The summed E-state index contributed by atoms with van der Waals surface area (Å²) in [7, 11) is 0. The molecule has 3 atom stereocenters. The Balaban J connectivity index is 1.51. The first-order valence-corrected chi connectivity index (χ1v) is 13.8. The second kappa shape index (κ2) is 11.3. The van der Waals surface area contributed by atoms with Crippen molar-refractivity contribution in [1.29, 1.82) is 0 Å². The van der Waals surface area contributed by atoms with Crippen LogP contribution in [0.15, 0.2) is 36.4 Å². The number of rotatable bonds is 5. The van der Waals surface area contributed by atoms with E-state index in [0.29, 0.717) is 36.8 Å². The Hall–Kier alpha value is -2.51. The highest BCUT2D eigenvalue weighted by atomic mass is 35.5. The average molecular weight is 546 g/mol. The molecule has 2 aliphatic heterocycles. The van der Waals surface area contributed by atoms with E-state index in [4.69, 9.17) is 11.6 Å². The zero-order valence-corrected chi connectivity index (χ0v) is 23.6. The lowest BCUT2D eigenvalue weighted by molar-refractivity contribution is -0.136. The topological polar surface area (TPSA) is 52.7 Å². The molecule has 2 aromatic rings. The minimum atomic E-state index is -0.615. The normalized spacial score (nSPS) is 21.9. The number of piperidine rings is 1. The lowest BCUT2D eigenvalue weighted by Gasteiger charge is -2.36. The second-order valence-corrected chi connectivity index (χ2v) is 12.2. The number of benzene rings is 2. The zero-order chi connectivity index (χ0) is 27.8. The Morgan fingerprint density at radius 3 is 2.29 bits per heavy atom.